The average molecular weight is 245 g/mol. The summed E-state index contributed by atoms with van der Waals surface area (Å²) >= 11 is 0. The van der Waals surface area contributed by atoms with Crippen molar-refractivity contribution in [2.45, 2.75) is 25.4 Å². The van der Waals surface area contributed by atoms with Crippen molar-refractivity contribution in [2.75, 3.05) is 6.61 Å². The molecular weight excluding hydrogens is 226 g/mol. The van der Waals surface area contributed by atoms with Gasteiger partial charge in [-0.1, -0.05) is 30.3 Å². The van der Waals surface area contributed by atoms with Gasteiger partial charge in [0.2, 0.25) is 0 Å². The van der Waals surface area contributed by atoms with Gasteiger partial charge >= 0.3 is 0 Å². The third-order valence-electron chi connectivity index (χ3n) is 3.02. The molecular formula is C14H19N3O. The van der Waals surface area contributed by atoms with Gasteiger partial charge in [-0.3, -0.25) is 5.10 Å². The quantitative estimate of drug-likeness (QED) is 0.725. The molecule has 2 aromatic rings. The Morgan fingerprint density at radius 2 is 2.06 bits per heavy atom. The summed E-state index contributed by atoms with van der Waals surface area (Å²) in [5.41, 5.74) is 2.25. The first-order valence-electron chi connectivity index (χ1n) is 6.19. The first-order chi connectivity index (χ1) is 8.79. The van der Waals surface area contributed by atoms with Crippen LogP contribution in [0.25, 0.3) is 0 Å². The summed E-state index contributed by atoms with van der Waals surface area (Å²) in [4.78, 5) is 0. The summed E-state index contributed by atoms with van der Waals surface area (Å²) in [6.45, 7) is 2.18. The lowest BCUT2D eigenvalue weighted by molar-refractivity contribution is 0.232. The van der Waals surface area contributed by atoms with Crippen molar-refractivity contribution < 1.29 is 5.11 Å². The van der Waals surface area contributed by atoms with Crippen LogP contribution in [0.2, 0.25) is 0 Å². The highest BCUT2D eigenvalue weighted by atomic mass is 16.3. The molecule has 18 heavy (non-hydrogen) atoms. The van der Waals surface area contributed by atoms with Crippen LogP contribution in [0.15, 0.2) is 42.6 Å². The second-order valence-electron chi connectivity index (χ2n) is 4.47. The number of aliphatic hydroxyl groups is 1. The molecule has 2 atom stereocenters. The fourth-order valence-corrected chi connectivity index (χ4v) is 2.03. The third-order valence-corrected chi connectivity index (χ3v) is 3.02. The molecule has 0 aliphatic rings. The molecule has 2 unspecified atom stereocenters. The second kappa shape index (κ2) is 6.33. The Labute approximate surface area is 107 Å². The number of nitrogens with zero attached hydrogens (tertiary/aromatic N) is 1. The first kappa shape index (κ1) is 12.8. The van der Waals surface area contributed by atoms with Gasteiger partial charge in [-0.2, -0.15) is 5.10 Å². The molecule has 0 spiro atoms. The first-order valence-corrected chi connectivity index (χ1v) is 6.19. The van der Waals surface area contributed by atoms with Crippen molar-refractivity contribution >= 4 is 0 Å². The summed E-state index contributed by atoms with van der Waals surface area (Å²) in [6, 6.07) is 12.3. The Hall–Kier alpha value is -1.65. The summed E-state index contributed by atoms with van der Waals surface area (Å²) in [6.07, 6.45) is 2.55. The van der Waals surface area contributed by atoms with Crippen molar-refractivity contribution in [1.82, 2.24) is 15.5 Å². The minimum absolute atomic E-state index is 0.0469. The van der Waals surface area contributed by atoms with Crippen LogP contribution in [0.4, 0.5) is 0 Å². The van der Waals surface area contributed by atoms with Crippen LogP contribution in [0.3, 0.4) is 0 Å². The van der Waals surface area contributed by atoms with E-state index in [1.165, 1.54) is 5.56 Å². The predicted octanol–water partition coefficient (Wildman–Crippen LogP) is 1.66. The van der Waals surface area contributed by atoms with Gasteiger partial charge in [0, 0.05) is 18.3 Å². The molecule has 4 nitrogen and oxygen atoms in total. The summed E-state index contributed by atoms with van der Waals surface area (Å²) in [7, 11) is 0. The molecule has 96 valence electrons. The van der Waals surface area contributed by atoms with Crippen LogP contribution in [0, 0.1) is 0 Å². The molecule has 0 fully saturated rings. The van der Waals surface area contributed by atoms with E-state index in [2.05, 4.69) is 34.6 Å². The largest absolute Gasteiger partial charge is 0.395 e. The minimum Gasteiger partial charge on any atom is -0.395 e. The topological polar surface area (TPSA) is 60.9 Å². The SMILES string of the molecule is CC(NC(CO)Cc1ccccc1)c1ccn[nH]1. The monoisotopic (exact) mass is 245 g/mol. The van der Waals surface area contributed by atoms with Crippen LogP contribution >= 0.6 is 0 Å². The van der Waals surface area contributed by atoms with E-state index in [9.17, 15) is 5.11 Å². The lowest BCUT2D eigenvalue weighted by Gasteiger charge is -2.21. The standard InChI is InChI=1S/C14H19N3O/c1-11(14-7-8-15-17-14)16-13(10-18)9-12-5-3-2-4-6-12/h2-8,11,13,16,18H,9-10H2,1H3,(H,15,17). The van der Waals surface area contributed by atoms with Gasteiger partial charge in [0.1, 0.15) is 0 Å². The smallest absolute Gasteiger partial charge is 0.0588 e. The molecule has 2 rings (SSSR count). The zero-order valence-electron chi connectivity index (χ0n) is 10.5. The molecule has 0 saturated heterocycles. The number of aromatic amines is 1. The van der Waals surface area contributed by atoms with Crippen molar-refractivity contribution in [3.05, 3.63) is 53.9 Å². The molecule has 1 aromatic heterocycles. The van der Waals surface area contributed by atoms with Gasteiger partial charge in [-0.25, -0.2) is 0 Å². The van der Waals surface area contributed by atoms with E-state index in [1.807, 2.05) is 24.3 Å². The number of aliphatic hydroxyl groups excluding tert-OH is 1. The molecule has 0 saturated carbocycles. The van der Waals surface area contributed by atoms with Gasteiger partial charge in [0.25, 0.3) is 0 Å². The average Bonchev–Trinajstić information content (AvgIpc) is 2.93. The molecule has 0 amide bonds. The van der Waals surface area contributed by atoms with E-state index in [-0.39, 0.29) is 18.7 Å². The zero-order valence-corrected chi connectivity index (χ0v) is 10.5. The van der Waals surface area contributed by atoms with Crippen LogP contribution in [0.1, 0.15) is 24.2 Å². The molecule has 4 heteroatoms. The van der Waals surface area contributed by atoms with E-state index in [0.717, 1.165) is 12.1 Å². The van der Waals surface area contributed by atoms with E-state index in [0.29, 0.717) is 0 Å². The molecule has 0 bridgehead atoms. The van der Waals surface area contributed by atoms with Crippen molar-refractivity contribution in [3.8, 4) is 0 Å². The molecule has 0 radical (unpaired) electrons. The van der Waals surface area contributed by atoms with Crippen LogP contribution in [-0.4, -0.2) is 28.0 Å². The highest BCUT2D eigenvalue weighted by Gasteiger charge is 2.13. The third kappa shape index (κ3) is 3.42. The maximum absolute atomic E-state index is 9.45. The predicted molar refractivity (Wildman–Crippen MR) is 71.2 cm³/mol. The van der Waals surface area contributed by atoms with Gasteiger partial charge in [0.05, 0.1) is 12.3 Å². The summed E-state index contributed by atoms with van der Waals surface area (Å²) in [5, 5.41) is 19.7. The number of hydrogen-bond donors (Lipinski definition) is 3. The van der Waals surface area contributed by atoms with Crippen LogP contribution in [-0.2, 0) is 6.42 Å². The van der Waals surface area contributed by atoms with Gasteiger partial charge in [0.15, 0.2) is 0 Å². The number of H-pyrrole nitrogens is 1. The van der Waals surface area contributed by atoms with Gasteiger partial charge in [-0.05, 0) is 25.0 Å². The number of aromatic nitrogens is 2. The highest BCUT2D eigenvalue weighted by molar-refractivity contribution is 5.16. The summed E-state index contributed by atoms with van der Waals surface area (Å²) < 4.78 is 0. The number of nitrogens with one attached hydrogen (secondary N) is 2. The lowest BCUT2D eigenvalue weighted by Crippen LogP contribution is -2.36. The Kier molecular flexibility index (Phi) is 4.50. The fraction of sp³-hybridized carbons (Fsp3) is 0.357. The summed E-state index contributed by atoms with van der Waals surface area (Å²) in [5.74, 6) is 0. The van der Waals surface area contributed by atoms with Crippen molar-refractivity contribution in [1.29, 1.82) is 0 Å². The van der Waals surface area contributed by atoms with E-state index in [4.69, 9.17) is 0 Å². The molecule has 1 heterocycles. The van der Waals surface area contributed by atoms with Gasteiger partial charge < -0.3 is 10.4 Å². The Morgan fingerprint density at radius 1 is 1.28 bits per heavy atom. The second-order valence-corrected chi connectivity index (χ2v) is 4.47. The van der Waals surface area contributed by atoms with Crippen LogP contribution in [0.5, 0.6) is 0 Å². The normalized spacial score (nSPS) is 14.3. The number of hydrogen-bond acceptors (Lipinski definition) is 3. The Balaban J connectivity index is 1.93. The van der Waals surface area contributed by atoms with Crippen molar-refractivity contribution in [3.63, 3.8) is 0 Å². The number of benzene rings is 1. The zero-order chi connectivity index (χ0) is 12.8. The molecule has 0 aliphatic heterocycles. The highest BCUT2D eigenvalue weighted by Crippen LogP contribution is 2.11. The maximum Gasteiger partial charge on any atom is 0.0588 e. The maximum atomic E-state index is 9.45. The minimum atomic E-state index is 0.0469. The van der Waals surface area contributed by atoms with Crippen LogP contribution < -0.4 is 5.32 Å². The number of rotatable bonds is 6. The van der Waals surface area contributed by atoms with E-state index < -0.39 is 0 Å². The van der Waals surface area contributed by atoms with Gasteiger partial charge in [-0.15, -0.1) is 0 Å². The fourth-order valence-electron chi connectivity index (χ4n) is 2.03. The van der Waals surface area contributed by atoms with E-state index in [1.54, 1.807) is 6.20 Å². The lowest BCUT2D eigenvalue weighted by atomic mass is 10.1. The molecule has 1 aromatic carbocycles. The van der Waals surface area contributed by atoms with E-state index >= 15 is 0 Å². The molecule has 3 N–H and O–H groups in total. The molecule has 0 aliphatic carbocycles. The Bertz CT molecular complexity index is 441. The van der Waals surface area contributed by atoms with Crippen molar-refractivity contribution in [2.24, 2.45) is 0 Å². The Morgan fingerprint density at radius 3 is 2.67 bits per heavy atom.